The van der Waals surface area contributed by atoms with Crippen LogP contribution in [0.3, 0.4) is 0 Å². The molecule has 2 N–H and O–H groups in total. The summed E-state index contributed by atoms with van der Waals surface area (Å²) in [5.41, 5.74) is 0. The van der Waals surface area contributed by atoms with Gasteiger partial charge in [-0.25, -0.2) is 4.79 Å². The van der Waals surface area contributed by atoms with E-state index in [9.17, 15) is 18.0 Å². The Labute approximate surface area is 86.1 Å². The third kappa shape index (κ3) is 6.16. The number of aliphatic hydroxyl groups is 1. The van der Waals surface area contributed by atoms with E-state index in [-0.39, 0.29) is 6.61 Å². The standard InChI is InChI=1S/C8H15F3N2O2/c1-6(5-14)13(2)7(15)12-4-3-8(9,10)11/h6,14H,3-5H2,1-2H3,(H,12,15). The van der Waals surface area contributed by atoms with Gasteiger partial charge in [-0.1, -0.05) is 0 Å². The van der Waals surface area contributed by atoms with Gasteiger partial charge in [-0.15, -0.1) is 0 Å². The van der Waals surface area contributed by atoms with Gasteiger partial charge in [0, 0.05) is 13.6 Å². The summed E-state index contributed by atoms with van der Waals surface area (Å²) in [5, 5.41) is 10.8. The fourth-order valence-electron chi connectivity index (χ4n) is 0.759. The second-order valence-electron chi connectivity index (χ2n) is 3.24. The zero-order valence-electron chi connectivity index (χ0n) is 8.64. The highest BCUT2D eigenvalue weighted by molar-refractivity contribution is 5.74. The lowest BCUT2D eigenvalue weighted by atomic mass is 10.3. The van der Waals surface area contributed by atoms with Crippen molar-refractivity contribution in [1.29, 1.82) is 0 Å². The van der Waals surface area contributed by atoms with Crippen LogP contribution in [0.1, 0.15) is 13.3 Å². The number of likely N-dealkylation sites (N-methyl/N-ethyl adjacent to an activating group) is 1. The van der Waals surface area contributed by atoms with Gasteiger partial charge in [0.15, 0.2) is 0 Å². The molecule has 0 aromatic heterocycles. The van der Waals surface area contributed by atoms with Gasteiger partial charge >= 0.3 is 12.2 Å². The van der Waals surface area contributed by atoms with Crippen molar-refractivity contribution in [2.75, 3.05) is 20.2 Å². The third-order valence-corrected chi connectivity index (χ3v) is 1.93. The van der Waals surface area contributed by atoms with Crippen LogP contribution in [0, 0.1) is 0 Å². The molecule has 1 atom stereocenters. The van der Waals surface area contributed by atoms with Crippen molar-refractivity contribution in [3.8, 4) is 0 Å². The lowest BCUT2D eigenvalue weighted by Crippen LogP contribution is -2.44. The molecule has 2 amide bonds. The molecular weight excluding hydrogens is 213 g/mol. The lowest BCUT2D eigenvalue weighted by Gasteiger charge is -2.23. The predicted molar refractivity (Wildman–Crippen MR) is 48.4 cm³/mol. The molecule has 0 aliphatic carbocycles. The van der Waals surface area contributed by atoms with Crippen molar-refractivity contribution in [3.63, 3.8) is 0 Å². The number of carbonyl (C=O) groups excluding carboxylic acids is 1. The Morgan fingerprint density at radius 3 is 2.47 bits per heavy atom. The SMILES string of the molecule is CC(CO)N(C)C(=O)NCCC(F)(F)F. The highest BCUT2D eigenvalue weighted by Crippen LogP contribution is 2.18. The molecule has 0 heterocycles. The van der Waals surface area contributed by atoms with Crippen molar-refractivity contribution >= 4 is 6.03 Å². The Morgan fingerprint density at radius 2 is 2.07 bits per heavy atom. The molecule has 0 fully saturated rings. The number of halogens is 3. The first kappa shape index (κ1) is 14.0. The van der Waals surface area contributed by atoms with Gasteiger partial charge < -0.3 is 15.3 Å². The minimum atomic E-state index is -4.27. The van der Waals surface area contributed by atoms with E-state index in [1.165, 1.54) is 7.05 Å². The highest BCUT2D eigenvalue weighted by Gasteiger charge is 2.27. The molecule has 0 saturated heterocycles. The fourth-order valence-corrected chi connectivity index (χ4v) is 0.759. The highest BCUT2D eigenvalue weighted by atomic mass is 19.4. The maximum atomic E-state index is 11.7. The minimum Gasteiger partial charge on any atom is -0.394 e. The van der Waals surface area contributed by atoms with Gasteiger partial charge in [-0.3, -0.25) is 0 Å². The molecule has 7 heteroatoms. The summed E-state index contributed by atoms with van der Waals surface area (Å²) in [6.45, 7) is 0.900. The summed E-state index contributed by atoms with van der Waals surface area (Å²) in [4.78, 5) is 12.3. The average Bonchev–Trinajstić information content (AvgIpc) is 2.13. The summed E-state index contributed by atoms with van der Waals surface area (Å²) in [6.07, 6.45) is -5.32. The number of nitrogens with one attached hydrogen (secondary N) is 1. The molecule has 90 valence electrons. The molecule has 0 aromatic rings. The summed E-state index contributed by atoms with van der Waals surface area (Å²) in [5.74, 6) is 0. The molecular formula is C8H15F3N2O2. The lowest BCUT2D eigenvalue weighted by molar-refractivity contribution is -0.133. The summed E-state index contributed by atoms with van der Waals surface area (Å²) in [7, 11) is 1.41. The van der Waals surface area contributed by atoms with Crippen LogP contribution in [0.25, 0.3) is 0 Å². The second kappa shape index (κ2) is 5.79. The van der Waals surface area contributed by atoms with Crippen molar-refractivity contribution in [1.82, 2.24) is 10.2 Å². The molecule has 0 radical (unpaired) electrons. The molecule has 0 aromatic carbocycles. The second-order valence-corrected chi connectivity index (χ2v) is 3.24. The van der Waals surface area contributed by atoms with Crippen LogP contribution in [-0.4, -0.2) is 48.5 Å². The Morgan fingerprint density at radius 1 is 1.53 bits per heavy atom. The molecule has 1 unspecified atom stereocenters. The zero-order chi connectivity index (χ0) is 12.1. The summed E-state index contributed by atoms with van der Waals surface area (Å²) < 4.78 is 35.2. The van der Waals surface area contributed by atoms with E-state index in [1.54, 1.807) is 6.92 Å². The quantitative estimate of drug-likeness (QED) is 0.753. The van der Waals surface area contributed by atoms with Crippen LogP contribution in [0.2, 0.25) is 0 Å². The fraction of sp³-hybridized carbons (Fsp3) is 0.875. The monoisotopic (exact) mass is 228 g/mol. The van der Waals surface area contributed by atoms with E-state index in [2.05, 4.69) is 5.32 Å². The third-order valence-electron chi connectivity index (χ3n) is 1.93. The summed E-state index contributed by atoms with van der Waals surface area (Å²) in [6, 6.07) is -1.04. The Balaban J connectivity index is 3.84. The Kier molecular flexibility index (Phi) is 5.41. The van der Waals surface area contributed by atoms with Crippen molar-refractivity contribution < 1.29 is 23.1 Å². The predicted octanol–water partition coefficient (Wildman–Crippen LogP) is 0.961. The van der Waals surface area contributed by atoms with E-state index < -0.39 is 31.2 Å². The van der Waals surface area contributed by atoms with E-state index >= 15 is 0 Å². The first-order chi connectivity index (χ1) is 6.78. The largest absolute Gasteiger partial charge is 0.394 e. The first-order valence-electron chi connectivity index (χ1n) is 4.46. The van der Waals surface area contributed by atoms with Gasteiger partial charge in [0.05, 0.1) is 19.1 Å². The molecule has 15 heavy (non-hydrogen) atoms. The zero-order valence-corrected chi connectivity index (χ0v) is 8.64. The molecule has 0 saturated carbocycles. The Hall–Kier alpha value is -0.980. The normalized spacial score (nSPS) is 13.5. The van der Waals surface area contributed by atoms with Gasteiger partial charge in [-0.05, 0) is 6.92 Å². The van der Waals surface area contributed by atoms with Gasteiger partial charge in [0.2, 0.25) is 0 Å². The summed E-state index contributed by atoms with van der Waals surface area (Å²) >= 11 is 0. The molecule has 0 rings (SSSR count). The molecule has 4 nitrogen and oxygen atoms in total. The Bertz CT molecular complexity index is 209. The van der Waals surface area contributed by atoms with Crippen molar-refractivity contribution in [2.24, 2.45) is 0 Å². The van der Waals surface area contributed by atoms with Crippen LogP contribution in [0.15, 0.2) is 0 Å². The molecule has 0 spiro atoms. The van der Waals surface area contributed by atoms with E-state index in [0.717, 1.165) is 4.90 Å². The first-order valence-corrected chi connectivity index (χ1v) is 4.46. The number of hydrogen-bond donors (Lipinski definition) is 2. The van der Waals surface area contributed by atoms with Crippen LogP contribution in [0.4, 0.5) is 18.0 Å². The number of urea groups is 1. The van der Waals surface area contributed by atoms with Gasteiger partial charge in [-0.2, -0.15) is 13.2 Å². The number of hydrogen-bond acceptors (Lipinski definition) is 2. The minimum absolute atomic E-state index is 0.233. The van der Waals surface area contributed by atoms with E-state index in [4.69, 9.17) is 5.11 Å². The number of nitrogens with zero attached hydrogens (tertiary/aromatic N) is 1. The van der Waals surface area contributed by atoms with Crippen molar-refractivity contribution in [2.45, 2.75) is 25.6 Å². The number of alkyl halides is 3. The topological polar surface area (TPSA) is 52.6 Å². The van der Waals surface area contributed by atoms with Crippen LogP contribution in [0.5, 0.6) is 0 Å². The number of aliphatic hydroxyl groups excluding tert-OH is 1. The molecule has 0 bridgehead atoms. The maximum absolute atomic E-state index is 11.7. The molecule has 0 aliphatic heterocycles. The smallest absolute Gasteiger partial charge is 0.390 e. The van der Waals surface area contributed by atoms with Crippen molar-refractivity contribution in [3.05, 3.63) is 0 Å². The van der Waals surface area contributed by atoms with Crippen LogP contribution in [-0.2, 0) is 0 Å². The van der Waals surface area contributed by atoms with Crippen LogP contribution >= 0.6 is 0 Å². The van der Waals surface area contributed by atoms with Gasteiger partial charge in [0.1, 0.15) is 0 Å². The number of amides is 2. The van der Waals surface area contributed by atoms with E-state index in [0.29, 0.717) is 0 Å². The van der Waals surface area contributed by atoms with Crippen LogP contribution < -0.4 is 5.32 Å². The number of carbonyl (C=O) groups is 1. The van der Waals surface area contributed by atoms with Gasteiger partial charge in [0.25, 0.3) is 0 Å². The maximum Gasteiger partial charge on any atom is 0.390 e. The number of rotatable bonds is 4. The van der Waals surface area contributed by atoms with E-state index in [1.807, 2.05) is 0 Å². The average molecular weight is 228 g/mol. The molecule has 0 aliphatic rings.